The maximum Gasteiger partial charge on any atom is 0.233 e. The third-order valence-electron chi connectivity index (χ3n) is 4.88. The number of carbonyl (C=O) groups is 1. The molecule has 7 nitrogen and oxygen atoms in total. The van der Waals surface area contributed by atoms with E-state index in [9.17, 15) is 4.79 Å². The number of ether oxygens (including phenoxy) is 1. The Balaban J connectivity index is 0.00000420. The highest BCUT2D eigenvalue weighted by atomic mass is 127. The van der Waals surface area contributed by atoms with Crippen LogP contribution in [0.25, 0.3) is 0 Å². The van der Waals surface area contributed by atoms with Crippen molar-refractivity contribution in [2.24, 2.45) is 4.99 Å². The van der Waals surface area contributed by atoms with Crippen molar-refractivity contribution in [3.8, 4) is 5.75 Å². The summed E-state index contributed by atoms with van der Waals surface area (Å²) in [5.41, 5.74) is 2.30. The Morgan fingerprint density at radius 2 is 2.00 bits per heavy atom. The number of nitrogens with zero attached hydrogens (tertiary/aromatic N) is 2. The molecule has 0 atom stereocenters. The van der Waals surface area contributed by atoms with E-state index in [2.05, 4.69) is 46.8 Å². The Hall–Kier alpha value is -1.55. The van der Waals surface area contributed by atoms with Gasteiger partial charge in [-0.3, -0.25) is 9.69 Å². The predicted molar refractivity (Wildman–Crippen MR) is 129 cm³/mol. The van der Waals surface area contributed by atoms with Crippen LogP contribution in [0.1, 0.15) is 37.8 Å². The van der Waals surface area contributed by atoms with E-state index in [0.29, 0.717) is 25.7 Å². The second-order valence-electron chi connectivity index (χ2n) is 7.10. The van der Waals surface area contributed by atoms with Crippen molar-refractivity contribution >= 4 is 35.8 Å². The molecule has 0 bridgehead atoms. The average molecular weight is 517 g/mol. The van der Waals surface area contributed by atoms with Crippen LogP contribution in [0.4, 0.5) is 0 Å². The largest absolute Gasteiger partial charge is 0.494 e. The minimum Gasteiger partial charge on any atom is -0.494 e. The summed E-state index contributed by atoms with van der Waals surface area (Å²) >= 11 is 0. The second kappa shape index (κ2) is 13.6. The van der Waals surface area contributed by atoms with Gasteiger partial charge in [-0.2, -0.15) is 0 Å². The molecule has 2 rings (SSSR count). The highest BCUT2D eigenvalue weighted by molar-refractivity contribution is 14.0. The maximum absolute atomic E-state index is 11.5. The van der Waals surface area contributed by atoms with E-state index in [1.165, 1.54) is 5.56 Å². The van der Waals surface area contributed by atoms with Crippen LogP contribution in [0.15, 0.2) is 23.2 Å². The zero-order chi connectivity index (χ0) is 20.4. The third-order valence-corrected chi connectivity index (χ3v) is 4.88. The van der Waals surface area contributed by atoms with Gasteiger partial charge < -0.3 is 20.7 Å². The number of hydrogen-bond acceptors (Lipinski definition) is 4. The van der Waals surface area contributed by atoms with Gasteiger partial charge in [-0.1, -0.05) is 12.1 Å². The monoisotopic (exact) mass is 517 g/mol. The lowest BCUT2D eigenvalue weighted by molar-refractivity contribution is -0.122. The molecule has 1 heterocycles. The van der Waals surface area contributed by atoms with E-state index >= 15 is 0 Å². The smallest absolute Gasteiger partial charge is 0.233 e. The first-order valence-electron chi connectivity index (χ1n) is 10.3. The van der Waals surface area contributed by atoms with Crippen molar-refractivity contribution in [1.29, 1.82) is 0 Å². The summed E-state index contributed by atoms with van der Waals surface area (Å²) in [7, 11) is 1.68. The lowest BCUT2D eigenvalue weighted by Gasteiger charge is -2.32. The molecule has 1 aromatic rings. The number of amides is 1. The van der Waals surface area contributed by atoms with Gasteiger partial charge in [0.25, 0.3) is 0 Å². The molecule has 0 aliphatic carbocycles. The van der Waals surface area contributed by atoms with E-state index < -0.39 is 0 Å². The number of likely N-dealkylation sites (tertiary alicyclic amines) is 1. The lowest BCUT2D eigenvalue weighted by Crippen LogP contribution is -2.50. The van der Waals surface area contributed by atoms with Crippen molar-refractivity contribution in [3.05, 3.63) is 29.3 Å². The van der Waals surface area contributed by atoms with E-state index in [4.69, 9.17) is 9.73 Å². The number of nitrogens with one attached hydrogen (secondary N) is 3. The Morgan fingerprint density at radius 3 is 2.59 bits per heavy atom. The van der Waals surface area contributed by atoms with Crippen molar-refractivity contribution in [3.63, 3.8) is 0 Å². The molecular formula is C21H36IN5O2. The minimum atomic E-state index is 0. The van der Waals surface area contributed by atoms with Gasteiger partial charge in [-0.05, 0) is 50.8 Å². The van der Waals surface area contributed by atoms with Crippen LogP contribution in [0.3, 0.4) is 0 Å². The quantitative estimate of drug-likeness (QED) is 0.280. The van der Waals surface area contributed by atoms with Gasteiger partial charge in [-0.25, -0.2) is 4.99 Å². The van der Waals surface area contributed by atoms with Crippen molar-refractivity contribution in [2.75, 3.05) is 39.8 Å². The van der Waals surface area contributed by atoms with Crippen LogP contribution in [0.2, 0.25) is 0 Å². The van der Waals surface area contributed by atoms with Gasteiger partial charge in [0.2, 0.25) is 5.91 Å². The summed E-state index contributed by atoms with van der Waals surface area (Å²) in [5, 5.41) is 9.57. The molecule has 1 aliphatic rings. The number of aryl methyl sites for hydroxylation is 1. The summed E-state index contributed by atoms with van der Waals surface area (Å²) in [6.07, 6.45) is 2.01. The highest BCUT2D eigenvalue weighted by Gasteiger charge is 2.21. The number of halogens is 1. The molecular weight excluding hydrogens is 481 g/mol. The molecule has 1 amide bonds. The first kappa shape index (κ1) is 25.5. The zero-order valence-electron chi connectivity index (χ0n) is 18.1. The van der Waals surface area contributed by atoms with Crippen molar-refractivity contribution in [2.45, 2.75) is 46.2 Å². The van der Waals surface area contributed by atoms with Crippen molar-refractivity contribution < 1.29 is 9.53 Å². The van der Waals surface area contributed by atoms with E-state index in [0.717, 1.165) is 49.7 Å². The van der Waals surface area contributed by atoms with Crippen molar-refractivity contribution in [1.82, 2.24) is 20.9 Å². The molecule has 0 unspecified atom stereocenters. The van der Waals surface area contributed by atoms with Gasteiger partial charge in [0.15, 0.2) is 5.96 Å². The molecule has 0 aromatic heterocycles. The molecule has 1 aliphatic heterocycles. The third kappa shape index (κ3) is 8.77. The number of hydrogen-bond donors (Lipinski definition) is 3. The summed E-state index contributed by atoms with van der Waals surface area (Å²) in [5.74, 6) is 1.86. The number of aliphatic imine (C=N–C) groups is 1. The lowest BCUT2D eigenvalue weighted by atomic mass is 10.1. The first-order valence-corrected chi connectivity index (χ1v) is 10.3. The van der Waals surface area contributed by atoms with Crippen LogP contribution < -0.4 is 20.7 Å². The Morgan fingerprint density at radius 1 is 1.28 bits per heavy atom. The molecule has 29 heavy (non-hydrogen) atoms. The zero-order valence-corrected chi connectivity index (χ0v) is 20.4. The molecule has 0 saturated carbocycles. The fourth-order valence-corrected chi connectivity index (χ4v) is 3.33. The summed E-state index contributed by atoms with van der Waals surface area (Å²) in [6, 6.07) is 6.60. The molecule has 0 radical (unpaired) electrons. The molecule has 1 fully saturated rings. The number of likely N-dealkylation sites (N-methyl/N-ethyl adjacent to an activating group) is 1. The van der Waals surface area contributed by atoms with Crippen LogP contribution in [0.5, 0.6) is 5.75 Å². The SMILES string of the molecule is CCNC(=NCc1ccc(OCC)c(C)c1)NC1CCN(CC(=O)NC)CC1.I. The number of guanidine groups is 1. The number of piperidine rings is 1. The van der Waals surface area contributed by atoms with Crippen LogP contribution in [-0.2, 0) is 11.3 Å². The van der Waals surface area contributed by atoms with Crippen LogP contribution >= 0.6 is 24.0 Å². The minimum absolute atomic E-state index is 0. The average Bonchev–Trinajstić information content (AvgIpc) is 2.69. The number of benzene rings is 1. The standard InChI is InChI=1S/C21H35N5O2.HI/c1-5-23-21(24-14-17-7-8-19(28-6-2)16(3)13-17)25-18-9-11-26(12-10-18)15-20(27)22-4;/h7-8,13,18H,5-6,9-12,14-15H2,1-4H3,(H,22,27)(H2,23,24,25);1H. The fourth-order valence-electron chi connectivity index (χ4n) is 3.33. The van der Waals surface area contributed by atoms with Gasteiger partial charge in [0.05, 0.1) is 19.7 Å². The van der Waals surface area contributed by atoms with E-state index in [-0.39, 0.29) is 29.9 Å². The van der Waals surface area contributed by atoms with Gasteiger partial charge in [-0.15, -0.1) is 24.0 Å². The van der Waals surface area contributed by atoms with E-state index in [1.54, 1.807) is 7.05 Å². The molecule has 3 N–H and O–H groups in total. The number of carbonyl (C=O) groups excluding carboxylic acids is 1. The fraction of sp³-hybridized carbons (Fsp3) is 0.619. The molecule has 8 heteroatoms. The van der Waals surface area contributed by atoms with Crippen LogP contribution in [0, 0.1) is 6.92 Å². The summed E-state index contributed by atoms with van der Waals surface area (Å²) < 4.78 is 5.61. The normalized spacial score (nSPS) is 15.4. The topological polar surface area (TPSA) is 78.0 Å². The maximum atomic E-state index is 11.5. The van der Waals surface area contributed by atoms with Gasteiger partial charge in [0.1, 0.15) is 5.75 Å². The number of rotatable bonds is 8. The molecule has 0 spiro atoms. The summed E-state index contributed by atoms with van der Waals surface area (Å²) in [6.45, 7) is 10.6. The Bertz CT molecular complexity index is 660. The molecule has 164 valence electrons. The van der Waals surface area contributed by atoms with Crippen LogP contribution in [-0.4, -0.2) is 62.6 Å². The Kier molecular flexibility index (Phi) is 12.0. The molecule has 1 saturated heterocycles. The second-order valence-corrected chi connectivity index (χ2v) is 7.10. The van der Waals surface area contributed by atoms with Gasteiger partial charge >= 0.3 is 0 Å². The first-order chi connectivity index (χ1) is 13.5. The molecule has 1 aromatic carbocycles. The summed E-state index contributed by atoms with van der Waals surface area (Å²) in [4.78, 5) is 18.5. The highest BCUT2D eigenvalue weighted by Crippen LogP contribution is 2.19. The Labute approximate surface area is 192 Å². The van der Waals surface area contributed by atoms with Gasteiger partial charge in [0, 0.05) is 32.7 Å². The van der Waals surface area contributed by atoms with E-state index in [1.807, 2.05) is 13.0 Å². The predicted octanol–water partition coefficient (Wildman–Crippen LogP) is 2.28.